The van der Waals surface area contributed by atoms with Gasteiger partial charge in [-0.2, -0.15) is 20.1 Å². The van der Waals surface area contributed by atoms with Crippen LogP contribution in [0.4, 0.5) is 40.6 Å². The molecule has 0 saturated carbocycles. The highest BCUT2D eigenvalue weighted by molar-refractivity contribution is 5.99. The van der Waals surface area contributed by atoms with E-state index >= 15 is 0 Å². The third kappa shape index (κ3) is 6.20. The zero-order valence-electron chi connectivity index (χ0n) is 19.5. The van der Waals surface area contributed by atoms with Crippen LogP contribution in [0.3, 0.4) is 0 Å². The Morgan fingerprint density at radius 3 is 1.92 bits per heavy atom. The van der Waals surface area contributed by atoms with E-state index in [1.807, 2.05) is 31.2 Å². The second kappa shape index (κ2) is 10.8. The molecule has 0 amide bonds. The lowest BCUT2D eigenvalue weighted by molar-refractivity contribution is -0.384. The molecule has 0 saturated heterocycles. The lowest BCUT2D eigenvalue weighted by Crippen LogP contribution is -2.08. The molecule has 4 rings (SSSR count). The monoisotopic (exact) mass is 485 g/mol. The maximum Gasteiger partial charge on any atom is 0.269 e. The number of benzene rings is 3. The fraction of sp³-hybridized carbons (Fsp3) is 0.0833. The summed E-state index contributed by atoms with van der Waals surface area (Å²) in [6.07, 6.45) is 0. The summed E-state index contributed by atoms with van der Waals surface area (Å²) in [7, 11) is 1.59. The first kappa shape index (κ1) is 23.9. The molecule has 0 fully saturated rings. The topological polar surface area (TPSA) is 166 Å². The largest absolute Gasteiger partial charge is 0.497 e. The predicted molar refractivity (Wildman–Crippen MR) is 139 cm³/mol. The molecular formula is C24H23N9O3. The summed E-state index contributed by atoms with van der Waals surface area (Å²) in [6.45, 7) is 1.84. The van der Waals surface area contributed by atoms with Gasteiger partial charge in [-0.15, -0.1) is 0 Å². The van der Waals surface area contributed by atoms with E-state index in [0.29, 0.717) is 22.8 Å². The summed E-state index contributed by atoms with van der Waals surface area (Å²) in [5.41, 5.74) is 12.1. The smallest absolute Gasteiger partial charge is 0.269 e. The maximum atomic E-state index is 10.9. The van der Waals surface area contributed by atoms with Gasteiger partial charge in [-0.25, -0.2) is 5.43 Å². The van der Waals surface area contributed by atoms with Gasteiger partial charge in [-0.1, -0.05) is 12.1 Å². The number of nitrogens with zero attached hydrogens (tertiary/aromatic N) is 5. The molecule has 0 aliphatic rings. The van der Waals surface area contributed by atoms with E-state index < -0.39 is 4.92 Å². The van der Waals surface area contributed by atoms with E-state index in [1.165, 1.54) is 12.1 Å². The number of nitrogens with two attached hydrogens (primary N) is 1. The van der Waals surface area contributed by atoms with E-state index in [4.69, 9.17) is 10.5 Å². The molecule has 1 heterocycles. The number of hydrogen-bond acceptors (Lipinski definition) is 11. The van der Waals surface area contributed by atoms with E-state index in [9.17, 15) is 10.1 Å². The molecule has 0 unspecified atom stereocenters. The minimum atomic E-state index is -0.465. The second-order valence-corrected chi connectivity index (χ2v) is 7.52. The molecule has 0 bridgehead atoms. The van der Waals surface area contributed by atoms with Gasteiger partial charge >= 0.3 is 0 Å². The average molecular weight is 486 g/mol. The van der Waals surface area contributed by atoms with Crippen molar-refractivity contribution in [1.82, 2.24) is 15.0 Å². The van der Waals surface area contributed by atoms with Crippen LogP contribution in [0.25, 0.3) is 0 Å². The van der Waals surface area contributed by atoms with Gasteiger partial charge in [0.05, 0.1) is 17.7 Å². The SMILES string of the molecule is COc1ccc(Nc2nc(N/N=C(\C)c3ccc(N)cc3)nc(Nc3ccc([N+](=O)[O-])cc3)n2)cc1. The van der Waals surface area contributed by atoms with Crippen LogP contribution < -0.4 is 26.5 Å². The molecule has 0 radical (unpaired) electrons. The van der Waals surface area contributed by atoms with Crippen molar-refractivity contribution < 1.29 is 9.66 Å². The molecule has 5 N–H and O–H groups in total. The van der Waals surface area contributed by atoms with Crippen LogP contribution >= 0.6 is 0 Å². The van der Waals surface area contributed by atoms with Crippen LogP contribution in [-0.2, 0) is 0 Å². The van der Waals surface area contributed by atoms with Crippen LogP contribution in [0.5, 0.6) is 5.75 Å². The zero-order valence-corrected chi connectivity index (χ0v) is 19.5. The number of anilines is 6. The van der Waals surface area contributed by atoms with Crippen molar-refractivity contribution in [3.63, 3.8) is 0 Å². The number of methoxy groups -OCH3 is 1. The van der Waals surface area contributed by atoms with E-state index in [2.05, 4.69) is 36.1 Å². The lowest BCUT2D eigenvalue weighted by Gasteiger charge is -2.11. The predicted octanol–water partition coefficient (Wildman–Crippen LogP) is 4.69. The van der Waals surface area contributed by atoms with E-state index in [1.54, 1.807) is 43.5 Å². The molecule has 12 heteroatoms. The van der Waals surface area contributed by atoms with Crippen molar-refractivity contribution in [1.29, 1.82) is 0 Å². The van der Waals surface area contributed by atoms with Crippen molar-refractivity contribution in [3.05, 3.63) is 88.5 Å². The van der Waals surface area contributed by atoms with Crippen molar-refractivity contribution in [2.75, 3.05) is 28.9 Å². The standard InChI is InChI=1S/C24H23N9O3/c1-15(16-3-5-17(25)6-4-16)31-32-24-29-22(26-18-7-11-20(12-8-18)33(34)35)28-23(30-24)27-19-9-13-21(36-2)14-10-19/h3-14H,25H2,1-2H3,(H3,26,27,28,29,30,32)/b31-15+. The fourth-order valence-corrected chi connectivity index (χ4v) is 3.06. The molecule has 4 aromatic rings. The van der Waals surface area contributed by atoms with Crippen LogP contribution in [0.1, 0.15) is 12.5 Å². The molecule has 0 aliphatic heterocycles. The summed E-state index contributed by atoms with van der Waals surface area (Å²) in [4.78, 5) is 23.6. The number of rotatable bonds is 9. The van der Waals surface area contributed by atoms with Crippen LogP contribution in [-0.4, -0.2) is 32.7 Å². The van der Waals surface area contributed by atoms with Crippen molar-refractivity contribution >= 4 is 46.3 Å². The summed E-state index contributed by atoms with van der Waals surface area (Å²) >= 11 is 0. The van der Waals surface area contributed by atoms with Gasteiger partial charge in [0.25, 0.3) is 5.69 Å². The summed E-state index contributed by atoms with van der Waals surface area (Å²) in [5.74, 6) is 1.35. The summed E-state index contributed by atoms with van der Waals surface area (Å²) in [6, 6.07) is 20.5. The molecule has 0 spiro atoms. The highest BCUT2D eigenvalue weighted by Crippen LogP contribution is 2.22. The van der Waals surface area contributed by atoms with E-state index in [0.717, 1.165) is 11.3 Å². The number of non-ortho nitro benzene ring substituents is 1. The Bertz CT molecular complexity index is 1370. The molecular weight excluding hydrogens is 462 g/mol. The number of hydrogen-bond donors (Lipinski definition) is 4. The van der Waals surface area contributed by atoms with Crippen LogP contribution in [0, 0.1) is 10.1 Å². The Morgan fingerprint density at radius 2 is 1.39 bits per heavy atom. The number of nitro groups is 1. The Hall–Kier alpha value is -5.26. The molecule has 182 valence electrons. The molecule has 12 nitrogen and oxygen atoms in total. The number of nitrogens with one attached hydrogen (secondary N) is 3. The Labute approximate surface area is 206 Å². The Balaban J connectivity index is 1.60. The minimum Gasteiger partial charge on any atom is -0.497 e. The van der Waals surface area contributed by atoms with Crippen molar-refractivity contribution in [2.24, 2.45) is 5.10 Å². The third-order valence-electron chi connectivity index (χ3n) is 4.97. The fourth-order valence-electron chi connectivity index (χ4n) is 3.06. The van der Waals surface area contributed by atoms with Gasteiger partial charge in [0.1, 0.15) is 5.75 Å². The first-order valence-electron chi connectivity index (χ1n) is 10.7. The Morgan fingerprint density at radius 1 is 0.861 bits per heavy atom. The minimum absolute atomic E-state index is 0.0205. The van der Waals surface area contributed by atoms with Gasteiger partial charge < -0.3 is 21.1 Å². The van der Waals surface area contributed by atoms with Gasteiger partial charge in [0.2, 0.25) is 17.8 Å². The third-order valence-corrected chi connectivity index (χ3v) is 4.97. The van der Waals surface area contributed by atoms with Crippen LogP contribution in [0.2, 0.25) is 0 Å². The number of aromatic nitrogens is 3. The average Bonchev–Trinajstić information content (AvgIpc) is 2.88. The van der Waals surface area contributed by atoms with Gasteiger partial charge in [-0.05, 0) is 61.0 Å². The highest BCUT2D eigenvalue weighted by Gasteiger charge is 2.10. The lowest BCUT2D eigenvalue weighted by atomic mass is 10.1. The first-order chi connectivity index (χ1) is 17.4. The molecule has 0 aliphatic carbocycles. The molecule has 3 aromatic carbocycles. The number of ether oxygens (including phenoxy) is 1. The van der Waals surface area contributed by atoms with Gasteiger partial charge in [0, 0.05) is 29.2 Å². The van der Waals surface area contributed by atoms with Crippen molar-refractivity contribution in [2.45, 2.75) is 6.92 Å². The van der Waals surface area contributed by atoms with Crippen LogP contribution in [0.15, 0.2) is 77.9 Å². The molecule has 36 heavy (non-hydrogen) atoms. The molecule has 0 atom stereocenters. The summed E-state index contributed by atoms with van der Waals surface area (Å²) in [5, 5.41) is 21.5. The number of hydrazone groups is 1. The second-order valence-electron chi connectivity index (χ2n) is 7.52. The highest BCUT2D eigenvalue weighted by atomic mass is 16.6. The van der Waals surface area contributed by atoms with Gasteiger partial charge in [0.15, 0.2) is 0 Å². The molecule has 1 aromatic heterocycles. The van der Waals surface area contributed by atoms with E-state index in [-0.39, 0.29) is 23.5 Å². The zero-order chi connectivity index (χ0) is 25.5. The Kier molecular flexibility index (Phi) is 7.15. The summed E-state index contributed by atoms with van der Waals surface area (Å²) < 4.78 is 5.19. The number of nitrogen functional groups attached to an aromatic ring is 1. The van der Waals surface area contributed by atoms with Crippen molar-refractivity contribution in [3.8, 4) is 5.75 Å². The quantitative estimate of drug-likeness (QED) is 0.113. The first-order valence-corrected chi connectivity index (χ1v) is 10.7. The van der Waals surface area contributed by atoms with Gasteiger partial charge in [-0.3, -0.25) is 10.1 Å². The normalized spacial score (nSPS) is 11.0. The number of nitro benzene ring substituents is 1. The maximum absolute atomic E-state index is 10.9.